The topological polar surface area (TPSA) is 68.5 Å². The van der Waals surface area contributed by atoms with Gasteiger partial charge in [-0.3, -0.25) is 0 Å². The average molecular weight is 281 g/mol. The van der Waals surface area contributed by atoms with Gasteiger partial charge < -0.3 is 9.88 Å². The Morgan fingerprint density at radius 3 is 2.84 bits per heavy atom. The Morgan fingerprint density at radius 1 is 1.42 bits per heavy atom. The van der Waals surface area contributed by atoms with E-state index in [1.165, 1.54) is 6.33 Å². The standard InChI is InChI=1S/C12H17ClN6/c1-4-5-9-10(13)14-6-15-11(9)17-8(2)12-18-16-7-19(12)3/h6-8H,4-5H2,1-3H3,(H,14,15,17). The van der Waals surface area contributed by atoms with Gasteiger partial charge in [-0.25, -0.2) is 9.97 Å². The van der Waals surface area contributed by atoms with E-state index in [9.17, 15) is 0 Å². The highest BCUT2D eigenvalue weighted by molar-refractivity contribution is 6.30. The van der Waals surface area contributed by atoms with E-state index in [-0.39, 0.29) is 6.04 Å². The maximum atomic E-state index is 6.12. The Labute approximate surface area is 117 Å². The molecule has 0 saturated heterocycles. The van der Waals surface area contributed by atoms with Crippen molar-refractivity contribution in [1.82, 2.24) is 24.7 Å². The van der Waals surface area contributed by atoms with Crippen LogP contribution < -0.4 is 5.32 Å². The SMILES string of the molecule is CCCc1c(Cl)ncnc1NC(C)c1nncn1C. The number of hydrogen-bond donors (Lipinski definition) is 1. The van der Waals surface area contributed by atoms with Crippen LogP contribution in [-0.4, -0.2) is 24.7 Å². The fourth-order valence-electron chi connectivity index (χ4n) is 1.94. The van der Waals surface area contributed by atoms with Gasteiger partial charge in [0.15, 0.2) is 5.82 Å². The van der Waals surface area contributed by atoms with Gasteiger partial charge in [-0.15, -0.1) is 10.2 Å². The molecular weight excluding hydrogens is 264 g/mol. The number of anilines is 1. The van der Waals surface area contributed by atoms with Crippen LogP contribution in [0.5, 0.6) is 0 Å². The first kappa shape index (κ1) is 13.7. The number of rotatable bonds is 5. The minimum Gasteiger partial charge on any atom is -0.360 e. The van der Waals surface area contributed by atoms with Crippen LogP contribution in [0.2, 0.25) is 5.15 Å². The lowest BCUT2D eigenvalue weighted by molar-refractivity contribution is 0.713. The molecule has 1 N–H and O–H groups in total. The molecule has 2 heterocycles. The molecule has 1 atom stereocenters. The molecule has 6 nitrogen and oxygen atoms in total. The lowest BCUT2D eigenvalue weighted by Crippen LogP contribution is -2.14. The van der Waals surface area contributed by atoms with Crippen molar-refractivity contribution in [1.29, 1.82) is 0 Å². The summed E-state index contributed by atoms with van der Waals surface area (Å²) in [6.07, 6.45) is 4.97. The lowest BCUT2D eigenvalue weighted by atomic mass is 10.1. The first-order valence-electron chi connectivity index (χ1n) is 6.23. The summed E-state index contributed by atoms with van der Waals surface area (Å²) in [5.41, 5.74) is 0.945. The first-order chi connectivity index (χ1) is 9.13. The Kier molecular flexibility index (Phi) is 4.31. The van der Waals surface area contributed by atoms with E-state index in [0.717, 1.165) is 30.0 Å². The van der Waals surface area contributed by atoms with Gasteiger partial charge in [0.25, 0.3) is 0 Å². The van der Waals surface area contributed by atoms with E-state index < -0.39 is 0 Å². The zero-order chi connectivity index (χ0) is 13.8. The van der Waals surface area contributed by atoms with Gasteiger partial charge in [-0.1, -0.05) is 24.9 Å². The van der Waals surface area contributed by atoms with Crippen molar-refractivity contribution in [3.05, 3.63) is 29.2 Å². The average Bonchev–Trinajstić information content (AvgIpc) is 2.80. The van der Waals surface area contributed by atoms with Gasteiger partial charge in [0.2, 0.25) is 0 Å². The van der Waals surface area contributed by atoms with Crippen LogP contribution in [-0.2, 0) is 13.5 Å². The first-order valence-corrected chi connectivity index (χ1v) is 6.61. The number of nitrogens with zero attached hydrogens (tertiary/aromatic N) is 5. The Bertz CT molecular complexity index is 553. The molecule has 0 aliphatic rings. The summed E-state index contributed by atoms with van der Waals surface area (Å²) in [6.45, 7) is 4.11. The summed E-state index contributed by atoms with van der Waals surface area (Å²) in [4.78, 5) is 8.30. The monoisotopic (exact) mass is 280 g/mol. The molecule has 0 bridgehead atoms. The summed E-state index contributed by atoms with van der Waals surface area (Å²) in [5.74, 6) is 1.61. The van der Waals surface area contributed by atoms with Gasteiger partial charge >= 0.3 is 0 Å². The number of halogens is 1. The molecule has 19 heavy (non-hydrogen) atoms. The Balaban J connectivity index is 2.24. The zero-order valence-corrected chi connectivity index (χ0v) is 12.0. The van der Waals surface area contributed by atoms with Crippen LogP contribution >= 0.6 is 11.6 Å². The van der Waals surface area contributed by atoms with Crippen LogP contribution in [0.15, 0.2) is 12.7 Å². The summed E-state index contributed by atoms with van der Waals surface area (Å²) in [6, 6.07) is -0.00549. The molecular formula is C12H17ClN6. The quantitative estimate of drug-likeness (QED) is 0.852. The van der Waals surface area contributed by atoms with Gasteiger partial charge in [0.1, 0.15) is 23.6 Å². The summed E-state index contributed by atoms with van der Waals surface area (Å²) in [5, 5.41) is 11.8. The second kappa shape index (κ2) is 5.97. The molecule has 0 aliphatic carbocycles. The summed E-state index contributed by atoms with van der Waals surface area (Å²) < 4.78 is 1.87. The van der Waals surface area contributed by atoms with Crippen molar-refractivity contribution >= 4 is 17.4 Å². The highest BCUT2D eigenvalue weighted by Gasteiger charge is 2.15. The maximum Gasteiger partial charge on any atom is 0.154 e. The van der Waals surface area contributed by atoms with Gasteiger partial charge in [-0.05, 0) is 13.3 Å². The summed E-state index contributed by atoms with van der Waals surface area (Å²) in [7, 11) is 1.91. The smallest absolute Gasteiger partial charge is 0.154 e. The zero-order valence-electron chi connectivity index (χ0n) is 11.3. The molecule has 102 valence electrons. The van der Waals surface area contributed by atoms with E-state index in [0.29, 0.717) is 5.15 Å². The third-order valence-electron chi connectivity index (χ3n) is 2.88. The van der Waals surface area contributed by atoms with E-state index in [2.05, 4.69) is 32.4 Å². The minimum absolute atomic E-state index is 0.00549. The molecule has 2 rings (SSSR count). The van der Waals surface area contributed by atoms with Crippen molar-refractivity contribution < 1.29 is 0 Å². The van der Waals surface area contributed by atoms with E-state index >= 15 is 0 Å². The number of nitrogens with one attached hydrogen (secondary N) is 1. The van der Waals surface area contributed by atoms with Crippen LogP contribution in [0.4, 0.5) is 5.82 Å². The van der Waals surface area contributed by atoms with Crippen molar-refractivity contribution in [3.63, 3.8) is 0 Å². The Hall–Kier alpha value is -1.69. The van der Waals surface area contributed by atoms with Crippen LogP contribution in [0.3, 0.4) is 0 Å². The third kappa shape index (κ3) is 3.01. The molecule has 0 amide bonds. The predicted octanol–water partition coefficient (Wildman–Crippen LogP) is 2.38. The van der Waals surface area contributed by atoms with Crippen molar-refractivity contribution in [3.8, 4) is 0 Å². The predicted molar refractivity (Wildman–Crippen MR) is 74.1 cm³/mol. The molecule has 0 radical (unpaired) electrons. The fourth-order valence-corrected chi connectivity index (χ4v) is 2.17. The number of hydrogen-bond acceptors (Lipinski definition) is 5. The van der Waals surface area contributed by atoms with Crippen molar-refractivity contribution in [2.45, 2.75) is 32.7 Å². The number of aromatic nitrogens is 5. The minimum atomic E-state index is -0.00549. The van der Waals surface area contributed by atoms with Gasteiger partial charge in [-0.2, -0.15) is 0 Å². The highest BCUT2D eigenvalue weighted by Crippen LogP contribution is 2.24. The molecule has 0 aromatic carbocycles. The normalized spacial score (nSPS) is 12.4. The van der Waals surface area contributed by atoms with E-state index in [4.69, 9.17) is 11.6 Å². The van der Waals surface area contributed by atoms with Crippen molar-refractivity contribution in [2.24, 2.45) is 7.05 Å². The molecule has 2 aromatic rings. The van der Waals surface area contributed by atoms with Crippen LogP contribution in [0.25, 0.3) is 0 Å². The van der Waals surface area contributed by atoms with Gasteiger partial charge in [0.05, 0.1) is 6.04 Å². The second-order valence-corrected chi connectivity index (χ2v) is 4.77. The third-order valence-corrected chi connectivity index (χ3v) is 3.21. The molecule has 1 unspecified atom stereocenters. The molecule has 7 heteroatoms. The second-order valence-electron chi connectivity index (χ2n) is 4.41. The molecule has 0 saturated carbocycles. The largest absolute Gasteiger partial charge is 0.360 e. The Morgan fingerprint density at radius 2 is 2.21 bits per heavy atom. The van der Waals surface area contributed by atoms with E-state index in [1.807, 2.05) is 18.5 Å². The molecule has 0 spiro atoms. The fraction of sp³-hybridized carbons (Fsp3) is 0.500. The van der Waals surface area contributed by atoms with Gasteiger partial charge in [0, 0.05) is 12.6 Å². The van der Waals surface area contributed by atoms with E-state index in [1.54, 1.807) is 6.33 Å². The van der Waals surface area contributed by atoms with Crippen molar-refractivity contribution in [2.75, 3.05) is 5.32 Å². The molecule has 0 aliphatic heterocycles. The number of aryl methyl sites for hydroxylation is 1. The lowest BCUT2D eigenvalue weighted by Gasteiger charge is -2.16. The highest BCUT2D eigenvalue weighted by atomic mass is 35.5. The van der Waals surface area contributed by atoms with Crippen LogP contribution in [0.1, 0.15) is 37.7 Å². The maximum absolute atomic E-state index is 6.12. The van der Waals surface area contributed by atoms with Crippen LogP contribution in [0, 0.1) is 0 Å². The summed E-state index contributed by atoms with van der Waals surface area (Å²) >= 11 is 6.12. The molecule has 2 aromatic heterocycles. The molecule has 0 fully saturated rings.